The van der Waals surface area contributed by atoms with Gasteiger partial charge in [-0.15, -0.1) is 0 Å². The zero-order valence-electron chi connectivity index (χ0n) is 20.6. The summed E-state index contributed by atoms with van der Waals surface area (Å²) >= 11 is 11.2. The number of carbonyl (C=O) groups excluding carboxylic acids is 2. The number of hydrogen-bond acceptors (Lipinski definition) is 3. The van der Waals surface area contributed by atoms with Crippen LogP contribution in [0.1, 0.15) is 32.6 Å². The van der Waals surface area contributed by atoms with Crippen molar-refractivity contribution in [2.24, 2.45) is 0 Å². The van der Waals surface area contributed by atoms with Crippen LogP contribution in [0.4, 0.5) is 35.5 Å². The minimum absolute atomic E-state index is 0.000553. The zero-order valence-corrected chi connectivity index (χ0v) is 22.1. The van der Waals surface area contributed by atoms with Gasteiger partial charge in [0, 0.05) is 5.56 Å². The van der Waals surface area contributed by atoms with E-state index < -0.39 is 56.6 Å². The van der Waals surface area contributed by atoms with Crippen LogP contribution in [0.15, 0.2) is 72.8 Å². The van der Waals surface area contributed by atoms with Crippen LogP contribution in [0.3, 0.4) is 0 Å². The summed E-state index contributed by atoms with van der Waals surface area (Å²) in [5, 5.41) is -1.76. The van der Waals surface area contributed by atoms with Gasteiger partial charge in [0.15, 0.2) is 11.5 Å². The number of amides is 1. The molecular formula is C28H18Cl2F7NO3. The highest BCUT2D eigenvalue weighted by Crippen LogP contribution is 2.43. The molecule has 0 N–H and O–H groups in total. The molecule has 0 atom stereocenters. The third-order valence-electron chi connectivity index (χ3n) is 6.26. The molecule has 1 aliphatic rings. The number of rotatable bonds is 6. The van der Waals surface area contributed by atoms with Crippen LogP contribution in [-0.4, -0.2) is 36.0 Å². The van der Waals surface area contributed by atoms with Crippen LogP contribution in [0, 0.1) is 0 Å². The van der Waals surface area contributed by atoms with E-state index in [1.807, 2.05) is 0 Å². The van der Waals surface area contributed by atoms with E-state index in [9.17, 15) is 35.9 Å². The molecule has 1 fully saturated rings. The highest BCUT2D eigenvalue weighted by molar-refractivity contribution is 6.42. The number of benzene rings is 3. The molecule has 0 aliphatic carbocycles. The third kappa shape index (κ3) is 6.84. The van der Waals surface area contributed by atoms with Crippen molar-refractivity contribution in [1.29, 1.82) is 0 Å². The molecule has 0 unspecified atom stereocenters. The summed E-state index contributed by atoms with van der Waals surface area (Å²) in [4.78, 5) is 26.0. The van der Waals surface area contributed by atoms with Crippen LogP contribution >= 0.6 is 23.2 Å². The number of hydrogen-bond donors (Lipinski definition) is 0. The number of carbonyl (C=O) groups is 2. The zero-order chi connectivity index (χ0) is 30.2. The standard InChI is InChI=1S/C28H18Cl2F7NO3/c29-22-11-18(10-21(24(22)30)28(35,36)37)20(27(32,33)34)12-23(39)17-6-8-19(9-7-17)26(31)14-38(15-26)25(40)41-13-16-4-2-1-3-5-16/h1-12H,13-15H2. The lowest BCUT2D eigenvalue weighted by Gasteiger charge is -2.43. The summed E-state index contributed by atoms with van der Waals surface area (Å²) < 4.78 is 102. The van der Waals surface area contributed by atoms with Gasteiger partial charge in [0.1, 0.15) is 6.61 Å². The van der Waals surface area contributed by atoms with E-state index in [4.69, 9.17) is 27.9 Å². The molecular weight excluding hydrogens is 602 g/mol. The molecule has 0 bridgehead atoms. The highest BCUT2D eigenvalue weighted by Gasteiger charge is 2.48. The molecule has 0 aromatic heterocycles. The van der Waals surface area contributed by atoms with Crippen molar-refractivity contribution in [2.75, 3.05) is 13.1 Å². The molecule has 3 aromatic carbocycles. The van der Waals surface area contributed by atoms with Gasteiger partial charge in [0.2, 0.25) is 0 Å². The molecule has 3 aromatic rings. The van der Waals surface area contributed by atoms with Crippen molar-refractivity contribution >= 4 is 40.7 Å². The van der Waals surface area contributed by atoms with Gasteiger partial charge in [-0.2, -0.15) is 26.3 Å². The summed E-state index contributed by atoms with van der Waals surface area (Å²) in [7, 11) is 0. The van der Waals surface area contributed by atoms with E-state index in [1.165, 1.54) is 12.1 Å². The van der Waals surface area contributed by atoms with E-state index in [0.717, 1.165) is 22.6 Å². The largest absolute Gasteiger partial charge is 0.445 e. The Kier molecular flexibility index (Phi) is 8.42. The normalized spacial score (nSPS) is 15.3. The molecule has 4 nitrogen and oxygen atoms in total. The van der Waals surface area contributed by atoms with Gasteiger partial charge in [0.25, 0.3) is 0 Å². The summed E-state index contributed by atoms with van der Waals surface area (Å²) in [6.45, 7) is -0.685. The van der Waals surface area contributed by atoms with Gasteiger partial charge < -0.3 is 9.64 Å². The maximum absolute atomic E-state index is 15.3. The molecule has 1 amide bonds. The first-order valence-electron chi connectivity index (χ1n) is 11.7. The average Bonchev–Trinajstić information content (AvgIpc) is 2.89. The first kappa shape index (κ1) is 30.4. The van der Waals surface area contributed by atoms with Crippen LogP contribution < -0.4 is 0 Å². The topological polar surface area (TPSA) is 46.6 Å². The SMILES string of the molecule is O=C(C=C(c1cc(Cl)c(Cl)c(C(F)(F)F)c1)C(F)(F)F)c1ccc(C2(F)CN(C(=O)OCc3ccccc3)C2)cc1. The van der Waals surface area contributed by atoms with Crippen molar-refractivity contribution in [3.8, 4) is 0 Å². The molecule has 13 heteroatoms. The highest BCUT2D eigenvalue weighted by atomic mass is 35.5. The Balaban J connectivity index is 1.49. The smallest absolute Gasteiger partial charge is 0.417 e. The first-order chi connectivity index (χ1) is 19.1. The fraction of sp³-hybridized carbons (Fsp3) is 0.214. The Morgan fingerprint density at radius 2 is 1.51 bits per heavy atom. The summed E-state index contributed by atoms with van der Waals surface area (Å²) in [5.41, 5.74) is -5.74. The number of likely N-dealkylation sites (tertiary alicyclic amines) is 1. The summed E-state index contributed by atoms with van der Waals surface area (Å²) in [6.07, 6.45) is -10.9. The van der Waals surface area contributed by atoms with E-state index in [-0.39, 0.29) is 43.0 Å². The van der Waals surface area contributed by atoms with Gasteiger partial charge >= 0.3 is 18.4 Å². The fourth-order valence-corrected chi connectivity index (χ4v) is 4.54. The Morgan fingerprint density at radius 3 is 2.07 bits per heavy atom. The molecule has 1 saturated heterocycles. The molecule has 0 spiro atoms. The van der Waals surface area contributed by atoms with Crippen molar-refractivity contribution in [3.05, 3.63) is 111 Å². The molecule has 0 radical (unpaired) electrons. The lowest BCUT2D eigenvalue weighted by molar-refractivity contribution is -0.137. The van der Waals surface area contributed by atoms with Gasteiger partial charge in [-0.3, -0.25) is 4.79 Å². The molecule has 4 rings (SSSR count). The first-order valence-corrected chi connectivity index (χ1v) is 12.5. The number of alkyl halides is 7. The van der Waals surface area contributed by atoms with E-state index in [2.05, 4.69) is 0 Å². The second kappa shape index (κ2) is 11.4. The van der Waals surface area contributed by atoms with E-state index in [1.54, 1.807) is 30.3 Å². The minimum atomic E-state index is -5.23. The third-order valence-corrected chi connectivity index (χ3v) is 7.06. The quantitative estimate of drug-likeness (QED) is 0.158. The van der Waals surface area contributed by atoms with Crippen LogP contribution in [-0.2, 0) is 23.2 Å². The van der Waals surface area contributed by atoms with E-state index in [0.29, 0.717) is 6.07 Å². The van der Waals surface area contributed by atoms with Gasteiger partial charge in [-0.1, -0.05) is 77.8 Å². The number of ketones is 1. The van der Waals surface area contributed by atoms with Gasteiger partial charge in [0.05, 0.1) is 34.3 Å². The Bertz CT molecular complexity index is 1480. The average molecular weight is 620 g/mol. The Labute approximate surface area is 238 Å². The summed E-state index contributed by atoms with van der Waals surface area (Å²) in [5.74, 6) is -1.20. The Hall–Kier alpha value is -3.57. The minimum Gasteiger partial charge on any atom is -0.445 e. The Morgan fingerprint density at radius 1 is 0.902 bits per heavy atom. The van der Waals surface area contributed by atoms with Crippen molar-refractivity contribution < 1.29 is 45.1 Å². The second-order valence-electron chi connectivity index (χ2n) is 9.18. The van der Waals surface area contributed by atoms with Gasteiger partial charge in [-0.05, 0) is 34.9 Å². The van der Waals surface area contributed by atoms with Crippen LogP contribution in [0.2, 0.25) is 10.0 Å². The lowest BCUT2D eigenvalue weighted by Crippen LogP contribution is -2.58. The maximum Gasteiger partial charge on any atom is 0.417 e. The molecule has 216 valence electrons. The van der Waals surface area contributed by atoms with Crippen LogP contribution in [0.5, 0.6) is 0 Å². The fourth-order valence-electron chi connectivity index (χ4n) is 4.11. The summed E-state index contributed by atoms with van der Waals surface area (Å²) in [6, 6.07) is 14.1. The van der Waals surface area contributed by atoms with Crippen molar-refractivity contribution in [1.82, 2.24) is 4.90 Å². The van der Waals surface area contributed by atoms with Crippen molar-refractivity contribution in [2.45, 2.75) is 24.6 Å². The van der Waals surface area contributed by atoms with Crippen LogP contribution in [0.25, 0.3) is 5.57 Å². The maximum atomic E-state index is 15.3. The number of halogens is 9. The molecule has 1 aliphatic heterocycles. The molecule has 1 heterocycles. The number of ether oxygens (including phenoxy) is 1. The van der Waals surface area contributed by atoms with Crippen molar-refractivity contribution in [3.63, 3.8) is 0 Å². The number of allylic oxidation sites excluding steroid dienone is 2. The predicted molar refractivity (Wildman–Crippen MR) is 137 cm³/mol. The number of nitrogens with zero attached hydrogens (tertiary/aromatic N) is 1. The van der Waals surface area contributed by atoms with E-state index >= 15 is 4.39 Å². The molecule has 41 heavy (non-hydrogen) atoms. The van der Waals surface area contributed by atoms with Gasteiger partial charge in [-0.25, -0.2) is 9.18 Å². The predicted octanol–water partition coefficient (Wildman–Crippen LogP) is 8.66. The monoisotopic (exact) mass is 619 g/mol. The second-order valence-corrected chi connectivity index (χ2v) is 9.96. The molecule has 0 saturated carbocycles. The lowest BCUT2D eigenvalue weighted by atomic mass is 9.87.